The van der Waals surface area contributed by atoms with E-state index in [0.29, 0.717) is 17.8 Å². The van der Waals surface area contributed by atoms with Gasteiger partial charge < -0.3 is 20.9 Å². The highest BCUT2D eigenvalue weighted by atomic mass is 35.5. The molecule has 0 saturated carbocycles. The second-order valence-electron chi connectivity index (χ2n) is 7.25. The summed E-state index contributed by atoms with van der Waals surface area (Å²) in [6.45, 7) is 4.99. The summed E-state index contributed by atoms with van der Waals surface area (Å²) < 4.78 is 0. The lowest BCUT2D eigenvalue weighted by Crippen LogP contribution is -2.58. The number of nitrogens with zero attached hydrogens (tertiary/aromatic N) is 1. The predicted octanol–water partition coefficient (Wildman–Crippen LogP) is 2.36. The van der Waals surface area contributed by atoms with Crippen molar-refractivity contribution >= 4 is 30.0 Å². The van der Waals surface area contributed by atoms with Gasteiger partial charge in [-0.05, 0) is 45.2 Å². The van der Waals surface area contributed by atoms with Gasteiger partial charge in [-0.25, -0.2) is 4.79 Å². The van der Waals surface area contributed by atoms with Gasteiger partial charge >= 0.3 is 6.03 Å². The highest BCUT2D eigenvalue weighted by Gasteiger charge is 2.37. The van der Waals surface area contributed by atoms with Crippen molar-refractivity contribution in [1.82, 2.24) is 15.5 Å². The van der Waals surface area contributed by atoms with Crippen molar-refractivity contribution in [2.45, 2.75) is 50.7 Å². The largest absolute Gasteiger partial charge is 0.339 e. The number of amides is 3. The fraction of sp³-hybridized carbons (Fsp3) is 0.556. The van der Waals surface area contributed by atoms with E-state index in [1.165, 1.54) is 6.42 Å². The Balaban J connectivity index is 0.00000225. The second-order valence-corrected chi connectivity index (χ2v) is 7.25. The van der Waals surface area contributed by atoms with Crippen LogP contribution in [0.2, 0.25) is 0 Å². The number of urea groups is 1. The summed E-state index contributed by atoms with van der Waals surface area (Å²) in [5.41, 5.74) is -0.239. The molecular formula is C18H27ClN4O2. The molecule has 2 aliphatic rings. The van der Waals surface area contributed by atoms with Crippen LogP contribution < -0.4 is 16.0 Å². The number of hydrogen-bond acceptors (Lipinski definition) is 3. The van der Waals surface area contributed by atoms with Crippen LogP contribution in [0.3, 0.4) is 0 Å². The summed E-state index contributed by atoms with van der Waals surface area (Å²) in [4.78, 5) is 27.0. The summed E-state index contributed by atoms with van der Waals surface area (Å²) in [6, 6.07) is 9.76. The molecule has 0 aliphatic carbocycles. The van der Waals surface area contributed by atoms with E-state index in [1.807, 2.05) is 35.2 Å². The zero-order chi connectivity index (χ0) is 17.2. The van der Waals surface area contributed by atoms with Crippen LogP contribution in [0.1, 0.15) is 33.1 Å². The lowest BCUT2D eigenvalue weighted by Gasteiger charge is -2.33. The molecule has 2 bridgehead atoms. The number of carbonyl (C=O) groups excluding carboxylic acids is 2. The van der Waals surface area contributed by atoms with Gasteiger partial charge in [-0.15, -0.1) is 12.4 Å². The first-order chi connectivity index (χ1) is 11.4. The standard InChI is InChI=1S/C18H26N4O2.ClH/c1-18(2,21-17(24)20-13-6-4-3-5-7-13)16(23)22-11-10-14-8-9-15(12-22)19-14;/h3-7,14-15,19H,8-12H2,1-2H3,(H2,20,21,24);1H. The molecule has 2 heterocycles. The minimum Gasteiger partial charge on any atom is -0.339 e. The van der Waals surface area contributed by atoms with Crippen LogP contribution in [0.15, 0.2) is 30.3 Å². The zero-order valence-electron chi connectivity index (χ0n) is 14.7. The average Bonchev–Trinajstić information content (AvgIpc) is 2.86. The maximum absolute atomic E-state index is 12.9. The SMILES string of the molecule is CC(C)(NC(=O)Nc1ccccc1)C(=O)N1CCC2CCC(C1)N2.Cl. The topological polar surface area (TPSA) is 73.5 Å². The quantitative estimate of drug-likeness (QED) is 0.768. The van der Waals surface area contributed by atoms with Crippen LogP contribution in [-0.4, -0.2) is 47.6 Å². The summed E-state index contributed by atoms with van der Waals surface area (Å²) in [7, 11) is 0. The molecule has 3 rings (SSSR count). The van der Waals surface area contributed by atoms with E-state index >= 15 is 0 Å². The Kier molecular flexibility index (Phi) is 6.30. The van der Waals surface area contributed by atoms with Gasteiger partial charge in [0, 0.05) is 30.9 Å². The smallest absolute Gasteiger partial charge is 0.320 e. The molecule has 2 atom stereocenters. The number of anilines is 1. The number of nitrogens with one attached hydrogen (secondary N) is 3. The highest BCUT2D eigenvalue weighted by molar-refractivity contribution is 5.95. The fourth-order valence-electron chi connectivity index (χ4n) is 3.54. The summed E-state index contributed by atoms with van der Waals surface area (Å²) in [5.74, 6) is -0.0277. The molecule has 2 fully saturated rings. The van der Waals surface area contributed by atoms with Crippen LogP contribution in [0.25, 0.3) is 0 Å². The first-order valence-corrected chi connectivity index (χ1v) is 8.64. The molecule has 3 N–H and O–H groups in total. The van der Waals surface area contributed by atoms with Gasteiger partial charge in [0.2, 0.25) is 5.91 Å². The first-order valence-electron chi connectivity index (χ1n) is 8.64. The van der Waals surface area contributed by atoms with E-state index in [4.69, 9.17) is 0 Å². The summed E-state index contributed by atoms with van der Waals surface area (Å²) >= 11 is 0. The van der Waals surface area contributed by atoms with E-state index in [0.717, 1.165) is 25.9 Å². The van der Waals surface area contributed by atoms with E-state index in [2.05, 4.69) is 16.0 Å². The van der Waals surface area contributed by atoms with E-state index in [-0.39, 0.29) is 24.3 Å². The molecule has 0 aromatic heterocycles. The molecule has 1 aromatic rings. The first kappa shape index (κ1) is 19.5. The van der Waals surface area contributed by atoms with E-state index in [9.17, 15) is 9.59 Å². The van der Waals surface area contributed by atoms with Gasteiger partial charge in [0.15, 0.2) is 0 Å². The molecule has 0 radical (unpaired) electrons. The average molecular weight is 367 g/mol. The number of hydrogen-bond donors (Lipinski definition) is 3. The molecular weight excluding hydrogens is 340 g/mol. The van der Waals surface area contributed by atoms with Crippen LogP contribution >= 0.6 is 12.4 Å². The maximum Gasteiger partial charge on any atom is 0.320 e. The number of para-hydroxylation sites is 1. The van der Waals surface area contributed by atoms with Crippen LogP contribution in [0.4, 0.5) is 10.5 Å². The Labute approximate surface area is 155 Å². The van der Waals surface area contributed by atoms with Gasteiger partial charge in [-0.1, -0.05) is 18.2 Å². The normalized spacial score (nSPS) is 22.6. The third kappa shape index (κ3) is 4.86. The molecule has 2 saturated heterocycles. The molecule has 3 amide bonds. The minimum absolute atomic E-state index is 0. The Bertz CT molecular complexity index is 608. The molecule has 7 heteroatoms. The Morgan fingerprint density at radius 3 is 2.52 bits per heavy atom. The lowest BCUT2D eigenvalue weighted by atomic mass is 10.0. The van der Waals surface area contributed by atoms with Crippen molar-refractivity contribution < 1.29 is 9.59 Å². The molecule has 138 valence electrons. The van der Waals surface area contributed by atoms with Crippen molar-refractivity contribution in [3.05, 3.63) is 30.3 Å². The molecule has 2 aliphatic heterocycles. The van der Waals surface area contributed by atoms with E-state index in [1.54, 1.807) is 13.8 Å². The minimum atomic E-state index is -0.942. The molecule has 25 heavy (non-hydrogen) atoms. The number of halogens is 1. The summed E-state index contributed by atoms with van der Waals surface area (Å²) in [5, 5.41) is 9.14. The van der Waals surface area contributed by atoms with Gasteiger partial charge in [0.25, 0.3) is 0 Å². The molecule has 2 unspecified atom stereocenters. The van der Waals surface area contributed by atoms with Gasteiger partial charge in [0.05, 0.1) is 0 Å². The van der Waals surface area contributed by atoms with Crippen LogP contribution in [0, 0.1) is 0 Å². The van der Waals surface area contributed by atoms with Crippen molar-refractivity contribution in [2.75, 3.05) is 18.4 Å². The van der Waals surface area contributed by atoms with Crippen LogP contribution in [-0.2, 0) is 4.79 Å². The molecule has 1 aromatic carbocycles. The van der Waals surface area contributed by atoms with Crippen molar-refractivity contribution in [2.24, 2.45) is 0 Å². The number of carbonyl (C=O) groups is 2. The Morgan fingerprint density at radius 2 is 1.80 bits per heavy atom. The number of fused-ring (bicyclic) bond motifs is 2. The van der Waals surface area contributed by atoms with Crippen molar-refractivity contribution in [1.29, 1.82) is 0 Å². The highest BCUT2D eigenvalue weighted by Crippen LogP contribution is 2.22. The molecule has 6 nitrogen and oxygen atoms in total. The number of rotatable bonds is 3. The monoisotopic (exact) mass is 366 g/mol. The third-order valence-corrected chi connectivity index (χ3v) is 4.80. The summed E-state index contributed by atoms with van der Waals surface area (Å²) in [6.07, 6.45) is 3.30. The fourth-order valence-corrected chi connectivity index (χ4v) is 3.54. The Hall–Kier alpha value is -1.79. The maximum atomic E-state index is 12.9. The predicted molar refractivity (Wildman–Crippen MR) is 101 cm³/mol. The van der Waals surface area contributed by atoms with E-state index < -0.39 is 5.54 Å². The molecule has 0 spiro atoms. The number of benzene rings is 1. The third-order valence-electron chi connectivity index (χ3n) is 4.80. The van der Waals surface area contributed by atoms with Crippen molar-refractivity contribution in [3.63, 3.8) is 0 Å². The van der Waals surface area contributed by atoms with Gasteiger partial charge in [-0.3, -0.25) is 4.79 Å². The zero-order valence-corrected chi connectivity index (χ0v) is 15.6. The Morgan fingerprint density at radius 1 is 1.12 bits per heavy atom. The lowest BCUT2D eigenvalue weighted by molar-refractivity contribution is -0.136. The van der Waals surface area contributed by atoms with Gasteiger partial charge in [-0.2, -0.15) is 0 Å². The van der Waals surface area contributed by atoms with Crippen LogP contribution in [0.5, 0.6) is 0 Å². The van der Waals surface area contributed by atoms with Crippen molar-refractivity contribution in [3.8, 4) is 0 Å². The second kappa shape index (κ2) is 8.06. The number of likely N-dealkylation sites (tertiary alicyclic amines) is 1. The van der Waals surface area contributed by atoms with Gasteiger partial charge in [0.1, 0.15) is 5.54 Å².